The van der Waals surface area contributed by atoms with Crippen LogP contribution in [0.2, 0.25) is 0 Å². The van der Waals surface area contributed by atoms with Gasteiger partial charge < -0.3 is 15.2 Å². The Morgan fingerprint density at radius 1 is 1.00 bits per heavy atom. The predicted molar refractivity (Wildman–Crippen MR) is 82.4 cm³/mol. The molecule has 2 aromatic carbocycles. The van der Waals surface area contributed by atoms with E-state index in [2.05, 4.69) is 24.3 Å². The molecule has 0 bridgehead atoms. The van der Waals surface area contributed by atoms with Crippen molar-refractivity contribution in [3.05, 3.63) is 48.0 Å². The van der Waals surface area contributed by atoms with E-state index in [0.29, 0.717) is 0 Å². The van der Waals surface area contributed by atoms with Crippen LogP contribution in [0.4, 0.5) is 0 Å². The maximum absolute atomic E-state index is 5.57. The fourth-order valence-corrected chi connectivity index (χ4v) is 2.24. The van der Waals surface area contributed by atoms with E-state index in [-0.39, 0.29) is 0 Å². The number of nitrogens with two attached hydrogens (primary N) is 1. The Bertz CT molecular complexity index is 567. The first-order valence-electron chi connectivity index (χ1n) is 6.80. The molecule has 0 aliphatic carbocycles. The van der Waals surface area contributed by atoms with Crippen LogP contribution in [-0.2, 0) is 6.42 Å². The molecule has 2 rings (SSSR count). The Balaban J connectivity index is 2.35. The van der Waals surface area contributed by atoms with E-state index in [1.807, 2.05) is 18.2 Å². The fraction of sp³-hybridized carbons (Fsp3) is 0.294. The Morgan fingerprint density at radius 3 is 2.55 bits per heavy atom. The summed E-state index contributed by atoms with van der Waals surface area (Å²) in [5.74, 6) is 1.62. The number of hydrogen-bond donors (Lipinski definition) is 1. The molecule has 0 aliphatic rings. The minimum Gasteiger partial charge on any atom is -0.497 e. The van der Waals surface area contributed by atoms with Gasteiger partial charge in [-0.1, -0.05) is 24.3 Å². The lowest BCUT2D eigenvalue weighted by Gasteiger charge is -2.11. The van der Waals surface area contributed by atoms with Crippen molar-refractivity contribution in [2.75, 3.05) is 20.8 Å². The van der Waals surface area contributed by atoms with Gasteiger partial charge >= 0.3 is 0 Å². The van der Waals surface area contributed by atoms with E-state index in [4.69, 9.17) is 15.2 Å². The lowest BCUT2D eigenvalue weighted by atomic mass is 10.00. The molecule has 0 aromatic heterocycles. The topological polar surface area (TPSA) is 44.5 Å². The van der Waals surface area contributed by atoms with Gasteiger partial charge in [-0.15, -0.1) is 0 Å². The molecule has 3 heteroatoms. The normalized spacial score (nSPS) is 10.3. The smallest absolute Gasteiger partial charge is 0.130 e. The summed E-state index contributed by atoms with van der Waals surface area (Å²) in [6.45, 7) is 0.718. The summed E-state index contributed by atoms with van der Waals surface area (Å²) in [5, 5.41) is 0. The van der Waals surface area contributed by atoms with Crippen molar-refractivity contribution in [3.63, 3.8) is 0 Å². The van der Waals surface area contributed by atoms with E-state index < -0.39 is 0 Å². The van der Waals surface area contributed by atoms with Crippen LogP contribution in [0.3, 0.4) is 0 Å². The second kappa shape index (κ2) is 6.96. The van der Waals surface area contributed by atoms with Crippen molar-refractivity contribution in [3.8, 4) is 22.6 Å². The highest BCUT2D eigenvalue weighted by Gasteiger charge is 2.08. The first kappa shape index (κ1) is 14.4. The summed E-state index contributed by atoms with van der Waals surface area (Å²) in [4.78, 5) is 0. The molecule has 0 radical (unpaired) electrons. The summed E-state index contributed by atoms with van der Waals surface area (Å²) >= 11 is 0. The van der Waals surface area contributed by atoms with Gasteiger partial charge in [0, 0.05) is 11.6 Å². The van der Waals surface area contributed by atoms with Crippen molar-refractivity contribution < 1.29 is 9.47 Å². The SMILES string of the molecule is COc1ccc(-c2cccc(CCCN)c2)c(OC)c1. The number of rotatable bonds is 6. The van der Waals surface area contributed by atoms with Gasteiger partial charge in [0.2, 0.25) is 0 Å². The Morgan fingerprint density at radius 2 is 1.85 bits per heavy atom. The molecule has 2 N–H and O–H groups in total. The van der Waals surface area contributed by atoms with E-state index in [9.17, 15) is 0 Å². The molecule has 0 spiro atoms. The molecule has 0 amide bonds. The lowest BCUT2D eigenvalue weighted by Crippen LogP contribution is -2.00. The van der Waals surface area contributed by atoms with Gasteiger partial charge in [-0.3, -0.25) is 0 Å². The summed E-state index contributed by atoms with van der Waals surface area (Å²) < 4.78 is 10.7. The number of ether oxygens (including phenoxy) is 2. The van der Waals surface area contributed by atoms with Crippen molar-refractivity contribution in [1.82, 2.24) is 0 Å². The molecule has 0 heterocycles. The predicted octanol–water partition coefficient (Wildman–Crippen LogP) is 3.26. The van der Waals surface area contributed by atoms with Crippen LogP contribution in [0.1, 0.15) is 12.0 Å². The molecule has 0 aliphatic heterocycles. The lowest BCUT2D eigenvalue weighted by molar-refractivity contribution is 0.395. The van der Waals surface area contributed by atoms with E-state index in [1.165, 1.54) is 5.56 Å². The highest BCUT2D eigenvalue weighted by molar-refractivity contribution is 5.72. The Labute approximate surface area is 120 Å². The first-order valence-corrected chi connectivity index (χ1v) is 6.80. The third-order valence-electron chi connectivity index (χ3n) is 3.32. The van der Waals surface area contributed by atoms with Gasteiger partial charge in [0.05, 0.1) is 14.2 Å². The maximum Gasteiger partial charge on any atom is 0.130 e. The third kappa shape index (κ3) is 3.31. The second-order valence-corrected chi connectivity index (χ2v) is 4.66. The van der Waals surface area contributed by atoms with Crippen molar-refractivity contribution in [2.45, 2.75) is 12.8 Å². The molecule has 0 fully saturated rings. The molecule has 0 saturated heterocycles. The van der Waals surface area contributed by atoms with Gasteiger partial charge in [-0.05, 0) is 42.6 Å². The van der Waals surface area contributed by atoms with Crippen LogP contribution in [0.25, 0.3) is 11.1 Å². The summed E-state index contributed by atoms with van der Waals surface area (Å²) in [6.07, 6.45) is 2.01. The molecular formula is C17H21NO2. The van der Waals surface area contributed by atoms with Crippen LogP contribution in [0.5, 0.6) is 11.5 Å². The molecular weight excluding hydrogens is 250 g/mol. The zero-order valence-electron chi connectivity index (χ0n) is 12.1. The Hall–Kier alpha value is -2.00. The van der Waals surface area contributed by atoms with Gasteiger partial charge in [0.15, 0.2) is 0 Å². The summed E-state index contributed by atoms with van der Waals surface area (Å²) in [7, 11) is 3.33. The zero-order valence-corrected chi connectivity index (χ0v) is 12.1. The average Bonchev–Trinajstić information content (AvgIpc) is 2.52. The van der Waals surface area contributed by atoms with Crippen LogP contribution in [0.15, 0.2) is 42.5 Å². The first-order chi connectivity index (χ1) is 9.78. The highest BCUT2D eigenvalue weighted by Crippen LogP contribution is 2.33. The van der Waals surface area contributed by atoms with Crippen LogP contribution >= 0.6 is 0 Å². The van der Waals surface area contributed by atoms with Gasteiger partial charge in [-0.2, -0.15) is 0 Å². The van der Waals surface area contributed by atoms with Crippen molar-refractivity contribution in [1.29, 1.82) is 0 Å². The number of aryl methyl sites for hydroxylation is 1. The van der Waals surface area contributed by atoms with Gasteiger partial charge in [0.25, 0.3) is 0 Å². The van der Waals surface area contributed by atoms with Crippen LogP contribution < -0.4 is 15.2 Å². The molecule has 2 aromatic rings. The largest absolute Gasteiger partial charge is 0.497 e. The summed E-state index contributed by atoms with van der Waals surface area (Å²) in [5.41, 5.74) is 9.09. The molecule has 3 nitrogen and oxygen atoms in total. The minimum absolute atomic E-state index is 0.718. The average molecular weight is 271 g/mol. The molecule has 106 valence electrons. The monoisotopic (exact) mass is 271 g/mol. The molecule has 0 unspecified atom stereocenters. The standard InChI is InChI=1S/C17H21NO2/c1-19-15-8-9-16(17(12-15)20-2)14-7-3-5-13(11-14)6-4-10-18/h3,5,7-9,11-12H,4,6,10,18H2,1-2H3. The van der Waals surface area contributed by atoms with E-state index >= 15 is 0 Å². The number of methoxy groups -OCH3 is 2. The summed E-state index contributed by atoms with van der Waals surface area (Å²) in [6, 6.07) is 14.4. The highest BCUT2D eigenvalue weighted by atomic mass is 16.5. The molecule has 0 saturated carbocycles. The number of benzene rings is 2. The van der Waals surface area contributed by atoms with Gasteiger partial charge in [-0.25, -0.2) is 0 Å². The zero-order chi connectivity index (χ0) is 14.4. The second-order valence-electron chi connectivity index (χ2n) is 4.66. The van der Waals surface area contributed by atoms with Crippen molar-refractivity contribution in [2.24, 2.45) is 5.73 Å². The quantitative estimate of drug-likeness (QED) is 0.877. The van der Waals surface area contributed by atoms with Crippen LogP contribution in [0, 0.1) is 0 Å². The minimum atomic E-state index is 0.718. The van der Waals surface area contributed by atoms with Gasteiger partial charge in [0.1, 0.15) is 11.5 Å². The van der Waals surface area contributed by atoms with E-state index in [1.54, 1.807) is 14.2 Å². The Kier molecular flexibility index (Phi) is 5.02. The molecule has 20 heavy (non-hydrogen) atoms. The number of hydrogen-bond acceptors (Lipinski definition) is 3. The fourth-order valence-electron chi connectivity index (χ4n) is 2.24. The third-order valence-corrected chi connectivity index (χ3v) is 3.32. The van der Waals surface area contributed by atoms with Crippen LogP contribution in [-0.4, -0.2) is 20.8 Å². The van der Waals surface area contributed by atoms with Crippen molar-refractivity contribution >= 4 is 0 Å². The maximum atomic E-state index is 5.57. The molecule has 0 atom stereocenters. The van der Waals surface area contributed by atoms with E-state index in [0.717, 1.165) is 42.0 Å².